The van der Waals surface area contributed by atoms with Gasteiger partial charge in [0.05, 0.1) is 12.3 Å². The number of nitrogens with zero attached hydrogens (tertiary/aromatic N) is 2. The van der Waals surface area contributed by atoms with Crippen LogP contribution in [0.4, 0.5) is 4.39 Å². The molecule has 2 aromatic rings. The molecule has 0 amide bonds. The van der Waals surface area contributed by atoms with Crippen LogP contribution in [0.15, 0.2) is 52.1 Å². The van der Waals surface area contributed by atoms with Crippen LogP contribution in [-0.2, 0) is 6.54 Å². The summed E-state index contributed by atoms with van der Waals surface area (Å²) in [5, 5.41) is 6.50. The number of rotatable bonds is 6. The van der Waals surface area contributed by atoms with Crippen molar-refractivity contribution in [2.75, 3.05) is 27.7 Å². The highest BCUT2D eigenvalue weighted by Gasteiger charge is 2.17. The molecule has 0 fully saturated rings. The topological polar surface area (TPSA) is 52.8 Å². The van der Waals surface area contributed by atoms with Gasteiger partial charge in [0.15, 0.2) is 5.96 Å². The van der Waals surface area contributed by atoms with Crippen LogP contribution < -0.4 is 10.6 Å². The van der Waals surface area contributed by atoms with Gasteiger partial charge in [-0.1, -0.05) is 12.1 Å². The average molecular weight is 446 g/mol. The molecule has 0 saturated carbocycles. The molecule has 1 unspecified atom stereocenters. The van der Waals surface area contributed by atoms with Gasteiger partial charge < -0.3 is 15.1 Å². The molecule has 0 aliphatic heterocycles. The van der Waals surface area contributed by atoms with Crippen LogP contribution in [-0.4, -0.2) is 38.5 Å². The molecule has 0 aliphatic rings. The number of likely N-dealkylation sites (N-methyl/N-ethyl adjacent to an activating group) is 1. The van der Waals surface area contributed by atoms with Crippen molar-refractivity contribution in [1.29, 1.82) is 0 Å². The lowest BCUT2D eigenvalue weighted by Crippen LogP contribution is -2.41. The van der Waals surface area contributed by atoms with Crippen molar-refractivity contribution in [2.24, 2.45) is 4.99 Å². The summed E-state index contributed by atoms with van der Waals surface area (Å²) in [4.78, 5) is 6.29. The number of hydrogen-bond acceptors (Lipinski definition) is 3. The summed E-state index contributed by atoms with van der Waals surface area (Å²) in [6.45, 7) is 1.23. The third-order valence-corrected chi connectivity index (χ3v) is 3.55. The van der Waals surface area contributed by atoms with E-state index in [9.17, 15) is 4.39 Å². The first-order chi connectivity index (χ1) is 11.1. The van der Waals surface area contributed by atoms with E-state index in [2.05, 4.69) is 20.5 Å². The second kappa shape index (κ2) is 10.3. The monoisotopic (exact) mass is 446 g/mol. The van der Waals surface area contributed by atoms with Crippen molar-refractivity contribution in [3.8, 4) is 0 Å². The van der Waals surface area contributed by atoms with Gasteiger partial charge in [-0.3, -0.25) is 9.89 Å². The van der Waals surface area contributed by atoms with E-state index >= 15 is 0 Å². The number of nitrogens with one attached hydrogen (secondary N) is 2. The predicted octanol–water partition coefficient (Wildman–Crippen LogP) is 3.00. The normalized spacial score (nSPS) is 12.6. The minimum absolute atomic E-state index is 0. The van der Waals surface area contributed by atoms with E-state index in [4.69, 9.17) is 4.42 Å². The molecule has 0 saturated heterocycles. The molecule has 1 heterocycles. The molecule has 5 nitrogen and oxygen atoms in total. The molecule has 7 heteroatoms. The van der Waals surface area contributed by atoms with E-state index in [0.717, 1.165) is 11.3 Å². The standard InChI is InChI=1S/C17H23FN4O.HI/c1-19-17(20-11-13-6-8-14(18)9-7-13)21-12-15(22(2)3)16-5-4-10-23-16;/h4-10,15H,11-12H2,1-3H3,(H2,19,20,21);1H. The first kappa shape index (κ1) is 20.4. The third kappa shape index (κ3) is 6.12. The average Bonchev–Trinajstić information content (AvgIpc) is 3.06. The summed E-state index contributed by atoms with van der Waals surface area (Å²) < 4.78 is 18.4. The van der Waals surface area contributed by atoms with Gasteiger partial charge in [0.25, 0.3) is 0 Å². The fraction of sp³-hybridized carbons (Fsp3) is 0.353. The molecular weight excluding hydrogens is 422 g/mol. The Hall–Kier alpha value is -1.61. The highest BCUT2D eigenvalue weighted by molar-refractivity contribution is 14.0. The van der Waals surface area contributed by atoms with Crippen molar-refractivity contribution in [3.05, 3.63) is 59.8 Å². The molecule has 132 valence electrons. The summed E-state index contributed by atoms with van der Waals surface area (Å²) in [5.41, 5.74) is 0.990. The quantitative estimate of drug-likeness (QED) is 0.407. The Morgan fingerprint density at radius 2 is 1.92 bits per heavy atom. The van der Waals surface area contributed by atoms with Gasteiger partial charge in [-0.15, -0.1) is 24.0 Å². The first-order valence-electron chi connectivity index (χ1n) is 7.49. The zero-order chi connectivity index (χ0) is 16.7. The van der Waals surface area contributed by atoms with E-state index in [1.165, 1.54) is 12.1 Å². The SMILES string of the molecule is CN=C(NCc1ccc(F)cc1)NCC(c1ccco1)N(C)C.I. The predicted molar refractivity (Wildman–Crippen MR) is 105 cm³/mol. The van der Waals surface area contributed by atoms with Gasteiger partial charge in [0, 0.05) is 20.1 Å². The lowest BCUT2D eigenvalue weighted by molar-refractivity contribution is 0.258. The van der Waals surface area contributed by atoms with Crippen LogP contribution in [0.1, 0.15) is 17.4 Å². The van der Waals surface area contributed by atoms with Crippen LogP contribution in [0, 0.1) is 5.82 Å². The molecule has 0 bridgehead atoms. The fourth-order valence-electron chi connectivity index (χ4n) is 2.22. The zero-order valence-corrected chi connectivity index (χ0v) is 16.5. The van der Waals surface area contributed by atoms with Crippen LogP contribution in [0.3, 0.4) is 0 Å². The van der Waals surface area contributed by atoms with E-state index in [0.29, 0.717) is 19.0 Å². The maximum absolute atomic E-state index is 12.9. The Bertz CT molecular complexity index is 614. The lowest BCUT2D eigenvalue weighted by atomic mass is 10.2. The molecule has 24 heavy (non-hydrogen) atoms. The van der Waals surface area contributed by atoms with Crippen molar-refractivity contribution in [1.82, 2.24) is 15.5 Å². The Kier molecular flexibility index (Phi) is 8.77. The van der Waals surface area contributed by atoms with E-state index in [1.807, 2.05) is 26.2 Å². The summed E-state index contributed by atoms with van der Waals surface area (Å²) >= 11 is 0. The van der Waals surface area contributed by atoms with Gasteiger partial charge in [-0.2, -0.15) is 0 Å². The van der Waals surface area contributed by atoms with Crippen LogP contribution >= 0.6 is 24.0 Å². The Morgan fingerprint density at radius 1 is 1.21 bits per heavy atom. The molecule has 1 atom stereocenters. The van der Waals surface area contributed by atoms with Crippen LogP contribution in [0.5, 0.6) is 0 Å². The summed E-state index contributed by atoms with van der Waals surface area (Å²) in [6.07, 6.45) is 1.67. The van der Waals surface area contributed by atoms with Gasteiger partial charge in [0.1, 0.15) is 11.6 Å². The Balaban J connectivity index is 0.00000288. The molecule has 0 radical (unpaired) electrons. The van der Waals surface area contributed by atoms with Gasteiger partial charge in [-0.25, -0.2) is 4.39 Å². The minimum Gasteiger partial charge on any atom is -0.468 e. The smallest absolute Gasteiger partial charge is 0.191 e. The van der Waals surface area contributed by atoms with Crippen molar-refractivity contribution in [3.63, 3.8) is 0 Å². The maximum atomic E-state index is 12.9. The van der Waals surface area contributed by atoms with Crippen LogP contribution in [0.25, 0.3) is 0 Å². The van der Waals surface area contributed by atoms with Gasteiger partial charge in [-0.05, 0) is 43.9 Å². The fourth-order valence-corrected chi connectivity index (χ4v) is 2.22. The van der Waals surface area contributed by atoms with E-state index in [1.54, 1.807) is 25.4 Å². The summed E-state index contributed by atoms with van der Waals surface area (Å²) in [6, 6.07) is 10.4. The molecule has 2 N–H and O–H groups in total. The number of benzene rings is 1. The number of halogens is 2. The second-order valence-corrected chi connectivity index (χ2v) is 5.43. The number of guanidine groups is 1. The Labute approximate surface area is 159 Å². The molecule has 1 aromatic carbocycles. The zero-order valence-electron chi connectivity index (χ0n) is 14.1. The molecular formula is C17H24FIN4O. The maximum Gasteiger partial charge on any atom is 0.191 e. The second-order valence-electron chi connectivity index (χ2n) is 5.43. The molecule has 0 spiro atoms. The molecule has 2 rings (SSSR count). The van der Waals surface area contributed by atoms with Gasteiger partial charge >= 0.3 is 0 Å². The van der Waals surface area contributed by atoms with E-state index < -0.39 is 0 Å². The van der Waals surface area contributed by atoms with Gasteiger partial charge in [0.2, 0.25) is 0 Å². The van der Waals surface area contributed by atoms with Crippen LogP contribution in [0.2, 0.25) is 0 Å². The number of aliphatic imine (C=N–C) groups is 1. The highest BCUT2D eigenvalue weighted by Crippen LogP contribution is 2.17. The minimum atomic E-state index is -0.233. The third-order valence-electron chi connectivity index (χ3n) is 3.55. The molecule has 0 aliphatic carbocycles. The highest BCUT2D eigenvalue weighted by atomic mass is 127. The van der Waals surface area contributed by atoms with Crippen molar-refractivity contribution in [2.45, 2.75) is 12.6 Å². The largest absolute Gasteiger partial charge is 0.468 e. The Morgan fingerprint density at radius 3 is 2.46 bits per heavy atom. The number of furan rings is 1. The first-order valence-corrected chi connectivity index (χ1v) is 7.49. The summed E-state index contributed by atoms with van der Waals surface area (Å²) in [7, 11) is 5.73. The van der Waals surface area contributed by atoms with Crippen molar-refractivity contribution < 1.29 is 8.81 Å². The van der Waals surface area contributed by atoms with E-state index in [-0.39, 0.29) is 35.8 Å². The summed E-state index contributed by atoms with van der Waals surface area (Å²) in [5.74, 6) is 1.35. The number of hydrogen-bond donors (Lipinski definition) is 2. The molecule has 1 aromatic heterocycles. The lowest BCUT2D eigenvalue weighted by Gasteiger charge is -2.23. The van der Waals surface area contributed by atoms with Crippen molar-refractivity contribution >= 4 is 29.9 Å².